The zero-order valence-corrected chi connectivity index (χ0v) is 16.7. The lowest BCUT2D eigenvalue weighted by Gasteiger charge is -2.43. The fourth-order valence-electron chi connectivity index (χ4n) is 5.16. The van der Waals surface area contributed by atoms with Gasteiger partial charge in [0.25, 0.3) is 0 Å². The second kappa shape index (κ2) is 7.83. The van der Waals surface area contributed by atoms with Gasteiger partial charge in [0.2, 0.25) is 11.8 Å². The highest BCUT2D eigenvalue weighted by molar-refractivity contribution is 6.31. The smallest absolute Gasteiger partial charge is 0.227 e. The average molecular weight is 389 g/mol. The topological polar surface area (TPSA) is 40.6 Å². The van der Waals surface area contributed by atoms with Crippen LogP contribution in [0, 0.1) is 11.3 Å². The summed E-state index contributed by atoms with van der Waals surface area (Å²) in [7, 11) is 0. The molecule has 4 rings (SSSR count). The van der Waals surface area contributed by atoms with E-state index in [2.05, 4.69) is 0 Å². The number of carbonyl (C=O) groups excluding carboxylic acids is 2. The van der Waals surface area contributed by atoms with E-state index in [0.29, 0.717) is 29.7 Å². The number of amides is 2. The highest BCUT2D eigenvalue weighted by Gasteiger charge is 2.51. The normalized spacial score (nSPS) is 23.7. The summed E-state index contributed by atoms with van der Waals surface area (Å²) >= 11 is 6.23. The molecule has 3 fully saturated rings. The number of nitrogens with zero attached hydrogens (tertiary/aromatic N) is 2. The van der Waals surface area contributed by atoms with E-state index in [-0.39, 0.29) is 11.3 Å². The van der Waals surface area contributed by atoms with Gasteiger partial charge in [-0.05, 0) is 55.1 Å². The molecule has 1 unspecified atom stereocenters. The standard InChI is InChI=1S/C22H29ClN2O2/c23-19-7-2-1-6-17(19)14-21(27)25-15-18(22(16-25)10-5-11-22)8-9-20(26)24-12-3-4-13-24/h1-2,6-7,18H,3-5,8-16H2. The summed E-state index contributed by atoms with van der Waals surface area (Å²) in [6, 6.07) is 7.59. The van der Waals surface area contributed by atoms with Crippen LogP contribution in [0.5, 0.6) is 0 Å². The van der Waals surface area contributed by atoms with Gasteiger partial charge in [0, 0.05) is 37.6 Å². The summed E-state index contributed by atoms with van der Waals surface area (Å²) in [5.74, 6) is 0.943. The third-order valence-corrected chi connectivity index (χ3v) is 7.35. The van der Waals surface area contributed by atoms with Crippen molar-refractivity contribution >= 4 is 23.4 Å². The van der Waals surface area contributed by atoms with Gasteiger partial charge in [-0.2, -0.15) is 0 Å². The van der Waals surface area contributed by atoms with E-state index >= 15 is 0 Å². The number of halogens is 1. The summed E-state index contributed by atoms with van der Waals surface area (Å²) in [6.07, 6.45) is 7.87. The zero-order valence-electron chi connectivity index (χ0n) is 16.0. The van der Waals surface area contributed by atoms with Crippen molar-refractivity contribution in [3.8, 4) is 0 Å². The first-order chi connectivity index (χ1) is 13.1. The van der Waals surface area contributed by atoms with E-state index in [4.69, 9.17) is 11.6 Å². The molecule has 1 aromatic carbocycles. The molecule has 0 bridgehead atoms. The third-order valence-electron chi connectivity index (χ3n) is 6.98. The highest BCUT2D eigenvalue weighted by Crippen LogP contribution is 2.53. The van der Waals surface area contributed by atoms with Crippen molar-refractivity contribution in [2.75, 3.05) is 26.2 Å². The van der Waals surface area contributed by atoms with Gasteiger partial charge in [0.1, 0.15) is 0 Å². The molecule has 1 aromatic rings. The summed E-state index contributed by atoms with van der Waals surface area (Å²) in [6.45, 7) is 3.52. The van der Waals surface area contributed by atoms with Crippen molar-refractivity contribution in [2.24, 2.45) is 11.3 Å². The molecular weight excluding hydrogens is 360 g/mol. The van der Waals surface area contributed by atoms with E-state index in [9.17, 15) is 9.59 Å². The van der Waals surface area contributed by atoms with Crippen molar-refractivity contribution in [1.82, 2.24) is 9.80 Å². The number of rotatable bonds is 5. The Kier molecular flexibility index (Phi) is 5.45. The maximum atomic E-state index is 12.9. The molecule has 5 heteroatoms. The quantitative estimate of drug-likeness (QED) is 0.767. The predicted octanol–water partition coefficient (Wildman–Crippen LogP) is 3.91. The van der Waals surface area contributed by atoms with Gasteiger partial charge in [0.05, 0.1) is 6.42 Å². The minimum Gasteiger partial charge on any atom is -0.343 e. The SMILES string of the molecule is O=C(CCC1CN(C(=O)Cc2ccccc2Cl)CC12CCC2)N1CCCC1. The lowest BCUT2D eigenvalue weighted by Crippen LogP contribution is -2.39. The van der Waals surface area contributed by atoms with Gasteiger partial charge in [-0.15, -0.1) is 0 Å². The van der Waals surface area contributed by atoms with Crippen LogP contribution < -0.4 is 0 Å². The molecule has 1 saturated carbocycles. The maximum absolute atomic E-state index is 12.9. The molecule has 2 heterocycles. The van der Waals surface area contributed by atoms with Crippen LogP contribution in [0.3, 0.4) is 0 Å². The van der Waals surface area contributed by atoms with Gasteiger partial charge in [-0.1, -0.05) is 36.2 Å². The van der Waals surface area contributed by atoms with Crippen LogP contribution in [-0.4, -0.2) is 47.8 Å². The Hall–Kier alpha value is -1.55. The molecule has 2 aliphatic heterocycles. The summed E-state index contributed by atoms with van der Waals surface area (Å²) in [4.78, 5) is 29.4. The van der Waals surface area contributed by atoms with Crippen molar-refractivity contribution in [2.45, 2.75) is 51.4 Å². The molecular formula is C22H29ClN2O2. The Morgan fingerprint density at radius 1 is 1.04 bits per heavy atom. The summed E-state index contributed by atoms with van der Waals surface area (Å²) in [5, 5.41) is 0.663. The first-order valence-corrected chi connectivity index (χ1v) is 10.7. The molecule has 1 aliphatic carbocycles. The van der Waals surface area contributed by atoms with Crippen molar-refractivity contribution in [1.29, 1.82) is 0 Å². The zero-order chi connectivity index (χ0) is 18.9. The first-order valence-electron chi connectivity index (χ1n) is 10.4. The fraction of sp³-hybridized carbons (Fsp3) is 0.636. The van der Waals surface area contributed by atoms with Gasteiger partial charge >= 0.3 is 0 Å². The van der Waals surface area contributed by atoms with Crippen LogP contribution in [0.1, 0.15) is 50.5 Å². The molecule has 0 N–H and O–H groups in total. The second-order valence-corrected chi connectivity index (χ2v) is 8.99. The molecule has 1 spiro atoms. The molecule has 2 amide bonds. The van der Waals surface area contributed by atoms with Crippen LogP contribution >= 0.6 is 11.6 Å². The monoisotopic (exact) mass is 388 g/mol. The lowest BCUT2D eigenvalue weighted by molar-refractivity contribution is -0.131. The molecule has 146 valence electrons. The molecule has 1 atom stereocenters. The second-order valence-electron chi connectivity index (χ2n) is 8.58. The Morgan fingerprint density at radius 3 is 2.44 bits per heavy atom. The van der Waals surface area contributed by atoms with Crippen LogP contribution in [0.2, 0.25) is 5.02 Å². The van der Waals surface area contributed by atoms with Gasteiger partial charge < -0.3 is 9.80 Å². The van der Waals surface area contributed by atoms with E-state index in [1.807, 2.05) is 34.1 Å². The molecule has 27 heavy (non-hydrogen) atoms. The number of benzene rings is 1. The maximum Gasteiger partial charge on any atom is 0.227 e. The Bertz CT molecular complexity index is 710. The number of carbonyl (C=O) groups is 2. The lowest BCUT2D eigenvalue weighted by atomic mass is 9.62. The van der Waals surface area contributed by atoms with Crippen LogP contribution in [0.25, 0.3) is 0 Å². The number of hydrogen-bond donors (Lipinski definition) is 0. The molecule has 0 aromatic heterocycles. The molecule has 0 radical (unpaired) electrons. The van der Waals surface area contributed by atoms with Crippen LogP contribution in [0.15, 0.2) is 24.3 Å². The first kappa shape index (κ1) is 18.8. The van der Waals surface area contributed by atoms with Crippen molar-refractivity contribution in [3.05, 3.63) is 34.9 Å². The average Bonchev–Trinajstić information content (AvgIpc) is 3.29. The van der Waals surface area contributed by atoms with Gasteiger partial charge in [-0.25, -0.2) is 0 Å². The highest BCUT2D eigenvalue weighted by atomic mass is 35.5. The predicted molar refractivity (Wildman–Crippen MR) is 107 cm³/mol. The van der Waals surface area contributed by atoms with Crippen molar-refractivity contribution in [3.63, 3.8) is 0 Å². The van der Waals surface area contributed by atoms with Crippen LogP contribution in [0.4, 0.5) is 0 Å². The van der Waals surface area contributed by atoms with Crippen molar-refractivity contribution < 1.29 is 9.59 Å². The molecule has 2 saturated heterocycles. The number of likely N-dealkylation sites (tertiary alicyclic amines) is 2. The minimum atomic E-state index is 0.169. The largest absolute Gasteiger partial charge is 0.343 e. The molecule has 3 aliphatic rings. The molecule has 4 nitrogen and oxygen atoms in total. The van der Waals surface area contributed by atoms with E-state index in [0.717, 1.165) is 51.0 Å². The number of hydrogen-bond acceptors (Lipinski definition) is 2. The van der Waals surface area contributed by atoms with E-state index < -0.39 is 0 Å². The third kappa shape index (κ3) is 3.87. The Morgan fingerprint density at radius 2 is 1.78 bits per heavy atom. The van der Waals surface area contributed by atoms with E-state index in [1.165, 1.54) is 19.3 Å². The fourth-order valence-corrected chi connectivity index (χ4v) is 5.36. The van der Waals surface area contributed by atoms with Crippen LogP contribution in [-0.2, 0) is 16.0 Å². The Balaban J connectivity index is 1.36. The van der Waals surface area contributed by atoms with Gasteiger partial charge in [-0.3, -0.25) is 9.59 Å². The minimum absolute atomic E-state index is 0.169. The van der Waals surface area contributed by atoms with Gasteiger partial charge in [0.15, 0.2) is 0 Å². The Labute approximate surface area is 166 Å². The summed E-state index contributed by atoms with van der Waals surface area (Å²) in [5.41, 5.74) is 1.17. The summed E-state index contributed by atoms with van der Waals surface area (Å²) < 4.78 is 0. The van der Waals surface area contributed by atoms with E-state index in [1.54, 1.807) is 0 Å².